The van der Waals surface area contributed by atoms with Crippen LogP contribution in [0.4, 0.5) is 0 Å². The number of hydrogen-bond donors (Lipinski definition) is 1. The first-order chi connectivity index (χ1) is 9.26. The minimum atomic E-state index is 0.301. The van der Waals surface area contributed by atoms with E-state index >= 15 is 0 Å². The Morgan fingerprint density at radius 2 is 2.00 bits per heavy atom. The Kier molecular flexibility index (Phi) is 3.64. The van der Waals surface area contributed by atoms with E-state index in [4.69, 9.17) is 4.98 Å². The molecule has 2 nitrogen and oxygen atoms in total. The summed E-state index contributed by atoms with van der Waals surface area (Å²) in [5.41, 5.74) is 1.10. The number of nitrogens with one attached hydrogen (secondary N) is 1. The van der Waals surface area contributed by atoms with Crippen LogP contribution in [0.3, 0.4) is 0 Å². The minimum absolute atomic E-state index is 0.301. The van der Waals surface area contributed by atoms with Crippen LogP contribution in [-0.4, -0.2) is 12.0 Å². The summed E-state index contributed by atoms with van der Waals surface area (Å²) in [6.07, 6.45) is 1.01. The van der Waals surface area contributed by atoms with E-state index in [1.54, 1.807) is 11.3 Å². The third-order valence-electron chi connectivity index (χ3n) is 3.16. The van der Waals surface area contributed by atoms with Crippen LogP contribution in [0.1, 0.15) is 20.8 Å². The average molecular weight is 288 g/mol. The van der Waals surface area contributed by atoms with Gasteiger partial charge in [0.1, 0.15) is 5.01 Å². The predicted octanol–water partition coefficient (Wildman–Crippen LogP) is 4.17. The second kappa shape index (κ2) is 5.41. The molecule has 0 amide bonds. The first-order valence-corrected chi connectivity index (χ1v) is 7.97. The quantitative estimate of drug-likeness (QED) is 0.779. The number of rotatable bonds is 4. The van der Waals surface area contributed by atoms with Crippen molar-refractivity contribution in [3.05, 3.63) is 51.2 Å². The fourth-order valence-corrected chi connectivity index (χ4v) is 4.16. The van der Waals surface area contributed by atoms with E-state index in [1.807, 2.05) is 24.5 Å². The maximum Gasteiger partial charge on any atom is 0.111 e. The van der Waals surface area contributed by atoms with Gasteiger partial charge >= 0.3 is 0 Å². The number of likely N-dealkylation sites (N-methyl/N-ethyl adjacent to an activating group) is 1. The molecule has 19 heavy (non-hydrogen) atoms. The average Bonchev–Trinajstić information content (AvgIpc) is 3.01. The number of hydrogen-bond acceptors (Lipinski definition) is 4. The molecule has 0 aliphatic heterocycles. The van der Waals surface area contributed by atoms with E-state index in [0.717, 1.165) is 11.9 Å². The third kappa shape index (κ3) is 2.71. The number of aryl methyl sites for hydroxylation is 1. The smallest absolute Gasteiger partial charge is 0.111 e. The van der Waals surface area contributed by atoms with Crippen LogP contribution in [0, 0.1) is 6.92 Å². The van der Waals surface area contributed by atoms with Gasteiger partial charge < -0.3 is 5.32 Å². The molecule has 4 heteroatoms. The molecule has 2 aromatic heterocycles. The van der Waals surface area contributed by atoms with Gasteiger partial charge in [-0.15, -0.1) is 22.7 Å². The normalized spacial score (nSPS) is 12.9. The van der Waals surface area contributed by atoms with Gasteiger partial charge in [-0.05, 0) is 38.2 Å². The molecule has 0 aliphatic carbocycles. The number of thiophene rings is 1. The largest absolute Gasteiger partial charge is 0.311 e. The van der Waals surface area contributed by atoms with Crippen LogP contribution in [0.5, 0.6) is 0 Å². The molecule has 0 spiro atoms. The SMILES string of the molecule is CNC(Cc1ccc(C)s1)c1nc2ccccc2s1. The van der Waals surface area contributed by atoms with Gasteiger partial charge in [-0.25, -0.2) is 4.98 Å². The molecule has 0 radical (unpaired) electrons. The molecule has 1 unspecified atom stereocenters. The molecular weight excluding hydrogens is 272 g/mol. The zero-order chi connectivity index (χ0) is 13.2. The molecule has 0 bridgehead atoms. The van der Waals surface area contributed by atoms with Crippen LogP contribution in [-0.2, 0) is 6.42 Å². The van der Waals surface area contributed by atoms with Gasteiger partial charge in [-0.1, -0.05) is 12.1 Å². The molecule has 1 aromatic carbocycles. The van der Waals surface area contributed by atoms with Crippen molar-refractivity contribution in [2.24, 2.45) is 0 Å². The monoisotopic (exact) mass is 288 g/mol. The summed E-state index contributed by atoms with van der Waals surface area (Å²) in [5.74, 6) is 0. The Morgan fingerprint density at radius 1 is 1.16 bits per heavy atom. The molecule has 1 N–H and O–H groups in total. The highest BCUT2D eigenvalue weighted by atomic mass is 32.1. The van der Waals surface area contributed by atoms with Crippen molar-refractivity contribution in [3.63, 3.8) is 0 Å². The van der Waals surface area contributed by atoms with Gasteiger partial charge in [0, 0.05) is 16.2 Å². The van der Waals surface area contributed by atoms with Gasteiger partial charge in [0.15, 0.2) is 0 Å². The maximum absolute atomic E-state index is 4.75. The zero-order valence-electron chi connectivity index (χ0n) is 11.0. The van der Waals surface area contributed by atoms with E-state index in [1.165, 1.54) is 19.5 Å². The molecule has 1 atom stereocenters. The van der Waals surface area contributed by atoms with E-state index in [0.29, 0.717) is 6.04 Å². The molecule has 0 fully saturated rings. The molecular formula is C15H16N2S2. The van der Waals surface area contributed by atoms with Crippen LogP contribution in [0.25, 0.3) is 10.2 Å². The van der Waals surface area contributed by atoms with Crippen molar-refractivity contribution in [1.82, 2.24) is 10.3 Å². The molecule has 0 aliphatic rings. The number of para-hydroxylation sites is 1. The van der Waals surface area contributed by atoms with Crippen molar-refractivity contribution >= 4 is 32.9 Å². The van der Waals surface area contributed by atoms with Crippen molar-refractivity contribution in [3.8, 4) is 0 Å². The summed E-state index contributed by atoms with van der Waals surface area (Å²) < 4.78 is 1.26. The lowest BCUT2D eigenvalue weighted by atomic mass is 10.2. The second-order valence-electron chi connectivity index (χ2n) is 4.58. The van der Waals surface area contributed by atoms with Crippen molar-refractivity contribution in [2.45, 2.75) is 19.4 Å². The van der Waals surface area contributed by atoms with Gasteiger partial charge in [0.2, 0.25) is 0 Å². The fraction of sp³-hybridized carbons (Fsp3) is 0.267. The summed E-state index contributed by atoms with van der Waals surface area (Å²) in [7, 11) is 2.01. The minimum Gasteiger partial charge on any atom is -0.311 e. The van der Waals surface area contributed by atoms with Gasteiger partial charge in [-0.3, -0.25) is 0 Å². The van der Waals surface area contributed by atoms with Gasteiger partial charge in [0.05, 0.1) is 16.3 Å². The number of benzene rings is 1. The Bertz CT molecular complexity index is 651. The molecule has 3 rings (SSSR count). The van der Waals surface area contributed by atoms with Crippen LogP contribution >= 0.6 is 22.7 Å². The Morgan fingerprint density at radius 3 is 2.68 bits per heavy atom. The maximum atomic E-state index is 4.75. The molecule has 98 valence electrons. The highest BCUT2D eigenvalue weighted by Gasteiger charge is 2.15. The molecule has 0 saturated heterocycles. The molecule has 3 aromatic rings. The van der Waals surface area contributed by atoms with E-state index in [9.17, 15) is 0 Å². The summed E-state index contributed by atoms with van der Waals surface area (Å²) in [4.78, 5) is 7.53. The number of aromatic nitrogens is 1. The Balaban J connectivity index is 1.88. The third-order valence-corrected chi connectivity index (χ3v) is 5.33. The predicted molar refractivity (Wildman–Crippen MR) is 84.2 cm³/mol. The van der Waals surface area contributed by atoms with E-state index in [-0.39, 0.29) is 0 Å². The highest BCUT2D eigenvalue weighted by molar-refractivity contribution is 7.18. The summed E-state index contributed by atoms with van der Waals surface area (Å²) >= 11 is 3.66. The van der Waals surface area contributed by atoms with Crippen LogP contribution in [0.15, 0.2) is 36.4 Å². The van der Waals surface area contributed by atoms with Crippen molar-refractivity contribution < 1.29 is 0 Å². The Hall–Kier alpha value is -1.23. The number of fused-ring (bicyclic) bond motifs is 1. The number of nitrogens with zero attached hydrogens (tertiary/aromatic N) is 1. The van der Waals surface area contributed by atoms with Gasteiger partial charge in [-0.2, -0.15) is 0 Å². The fourth-order valence-electron chi connectivity index (χ4n) is 2.15. The summed E-state index contributed by atoms with van der Waals surface area (Å²) in [6, 6.07) is 13.0. The first kappa shape index (κ1) is 12.8. The van der Waals surface area contributed by atoms with Crippen LogP contribution < -0.4 is 5.32 Å². The molecule has 0 saturated carbocycles. The lowest BCUT2D eigenvalue weighted by Gasteiger charge is -2.11. The lowest BCUT2D eigenvalue weighted by molar-refractivity contribution is 0.594. The Labute approximate surface area is 121 Å². The topological polar surface area (TPSA) is 24.9 Å². The van der Waals surface area contributed by atoms with Crippen LogP contribution in [0.2, 0.25) is 0 Å². The van der Waals surface area contributed by atoms with Crippen molar-refractivity contribution in [1.29, 1.82) is 0 Å². The standard InChI is InChI=1S/C15H16N2S2/c1-10-7-8-11(18-10)9-13(16-2)15-17-12-5-3-4-6-14(12)19-15/h3-8,13,16H,9H2,1-2H3. The zero-order valence-corrected chi connectivity index (χ0v) is 12.6. The lowest BCUT2D eigenvalue weighted by Crippen LogP contribution is -2.18. The summed E-state index contributed by atoms with van der Waals surface area (Å²) in [5, 5.41) is 4.57. The van der Waals surface area contributed by atoms with E-state index < -0.39 is 0 Å². The van der Waals surface area contributed by atoms with Crippen molar-refractivity contribution in [2.75, 3.05) is 7.05 Å². The van der Waals surface area contributed by atoms with E-state index in [2.05, 4.69) is 42.6 Å². The van der Waals surface area contributed by atoms with Gasteiger partial charge in [0.25, 0.3) is 0 Å². The summed E-state index contributed by atoms with van der Waals surface area (Å²) in [6.45, 7) is 2.15. The number of thiazole rings is 1. The molecule has 2 heterocycles. The highest BCUT2D eigenvalue weighted by Crippen LogP contribution is 2.29. The first-order valence-electron chi connectivity index (χ1n) is 6.34. The second-order valence-corrected chi connectivity index (χ2v) is 7.01.